The molecule has 0 aliphatic carbocycles. The lowest BCUT2D eigenvalue weighted by Gasteiger charge is -2.24. The van der Waals surface area contributed by atoms with Gasteiger partial charge in [0.05, 0.1) is 5.92 Å². The fourth-order valence-corrected chi connectivity index (χ4v) is 1.35. The van der Waals surface area contributed by atoms with Gasteiger partial charge in [-0.05, 0) is 19.4 Å². The van der Waals surface area contributed by atoms with Crippen LogP contribution >= 0.6 is 0 Å². The average Bonchev–Trinajstić information content (AvgIpc) is 2.05. The van der Waals surface area contributed by atoms with Crippen molar-refractivity contribution in [2.75, 3.05) is 20.1 Å². The maximum Gasteiger partial charge on any atom is 0.240 e. The molecule has 0 aromatic rings. The maximum atomic E-state index is 11.3. The fraction of sp³-hybridized carbons (Fsp3) is 0.857. The molecular formula is C7H15N3O. The monoisotopic (exact) mass is 157 g/mol. The van der Waals surface area contributed by atoms with Crippen LogP contribution in [0, 0.1) is 5.92 Å². The summed E-state index contributed by atoms with van der Waals surface area (Å²) in [6.45, 7) is 1.80. The first kappa shape index (κ1) is 8.49. The smallest absolute Gasteiger partial charge is 0.240 e. The van der Waals surface area contributed by atoms with E-state index in [9.17, 15) is 4.79 Å². The minimum absolute atomic E-state index is 0.0391. The van der Waals surface area contributed by atoms with Crippen molar-refractivity contribution in [1.82, 2.24) is 10.3 Å². The lowest BCUT2D eigenvalue weighted by Crippen LogP contribution is -2.44. The van der Waals surface area contributed by atoms with Crippen LogP contribution in [0.1, 0.15) is 12.8 Å². The van der Waals surface area contributed by atoms with Crippen LogP contribution in [0.4, 0.5) is 0 Å². The predicted octanol–water partition coefficient (Wildman–Crippen LogP) is -0.682. The van der Waals surface area contributed by atoms with Crippen LogP contribution in [0.3, 0.4) is 0 Å². The molecule has 0 aromatic heterocycles. The van der Waals surface area contributed by atoms with Crippen LogP contribution < -0.4 is 11.2 Å². The molecular weight excluding hydrogens is 142 g/mol. The minimum Gasteiger partial charge on any atom is -0.316 e. The van der Waals surface area contributed by atoms with Crippen LogP contribution in [-0.4, -0.2) is 31.1 Å². The zero-order valence-electron chi connectivity index (χ0n) is 6.84. The van der Waals surface area contributed by atoms with E-state index in [0.717, 1.165) is 25.9 Å². The van der Waals surface area contributed by atoms with Gasteiger partial charge in [-0.2, -0.15) is 0 Å². The number of carbonyl (C=O) groups is 1. The van der Waals surface area contributed by atoms with Gasteiger partial charge in [0, 0.05) is 13.6 Å². The highest BCUT2D eigenvalue weighted by Crippen LogP contribution is 2.10. The predicted molar refractivity (Wildman–Crippen MR) is 42.6 cm³/mol. The molecule has 3 N–H and O–H groups in total. The van der Waals surface area contributed by atoms with Gasteiger partial charge in [-0.1, -0.05) is 0 Å². The van der Waals surface area contributed by atoms with Crippen LogP contribution in [-0.2, 0) is 4.79 Å². The van der Waals surface area contributed by atoms with Gasteiger partial charge in [-0.15, -0.1) is 0 Å². The second kappa shape index (κ2) is 3.69. The largest absolute Gasteiger partial charge is 0.316 e. The van der Waals surface area contributed by atoms with E-state index in [1.54, 1.807) is 7.05 Å². The third-order valence-corrected chi connectivity index (χ3v) is 1.99. The van der Waals surface area contributed by atoms with E-state index >= 15 is 0 Å². The number of nitrogens with one attached hydrogen (secondary N) is 1. The Labute approximate surface area is 66.7 Å². The van der Waals surface area contributed by atoms with Gasteiger partial charge < -0.3 is 5.32 Å². The lowest BCUT2D eigenvalue weighted by atomic mass is 9.99. The molecule has 4 heteroatoms. The third kappa shape index (κ3) is 2.17. The number of carbonyl (C=O) groups excluding carboxylic acids is 1. The number of piperidine rings is 1. The highest BCUT2D eigenvalue weighted by molar-refractivity contribution is 5.78. The summed E-state index contributed by atoms with van der Waals surface area (Å²) >= 11 is 0. The lowest BCUT2D eigenvalue weighted by molar-refractivity contribution is -0.134. The summed E-state index contributed by atoms with van der Waals surface area (Å²) in [5.41, 5.74) is 0. The first-order chi connectivity index (χ1) is 5.22. The van der Waals surface area contributed by atoms with Crippen LogP contribution in [0.5, 0.6) is 0 Å². The van der Waals surface area contributed by atoms with E-state index in [0.29, 0.717) is 0 Å². The number of nitrogens with zero attached hydrogens (tertiary/aromatic N) is 1. The Morgan fingerprint density at radius 1 is 1.73 bits per heavy atom. The molecule has 64 valence electrons. The van der Waals surface area contributed by atoms with E-state index in [4.69, 9.17) is 5.84 Å². The highest BCUT2D eigenvalue weighted by atomic mass is 16.2. The van der Waals surface area contributed by atoms with Gasteiger partial charge >= 0.3 is 0 Å². The van der Waals surface area contributed by atoms with Gasteiger partial charge in [-0.25, -0.2) is 5.84 Å². The summed E-state index contributed by atoms with van der Waals surface area (Å²) in [4.78, 5) is 11.3. The third-order valence-electron chi connectivity index (χ3n) is 1.99. The second-order valence-electron chi connectivity index (χ2n) is 2.99. The van der Waals surface area contributed by atoms with Crippen molar-refractivity contribution in [3.63, 3.8) is 0 Å². The summed E-state index contributed by atoms with van der Waals surface area (Å²) in [6, 6.07) is 0. The number of rotatable bonds is 1. The maximum absolute atomic E-state index is 11.3. The van der Waals surface area contributed by atoms with Crippen molar-refractivity contribution in [2.45, 2.75) is 12.8 Å². The Balaban J connectivity index is 2.39. The quantitative estimate of drug-likeness (QED) is 0.301. The van der Waals surface area contributed by atoms with E-state index in [-0.39, 0.29) is 11.8 Å². The normalized spacial score (nSPS) is 24.7. The van der Waals surface area contributed by atoms with Gasteiger partial charge in [0.25, 0.3) is 0 Å². The van der Waals surface area contributed by atoms with Gasteiger partial charge in [0.15, 0.2) is 0 Å². The zero-order chi connectivity index (χ0) is 8.27. The van der Waals surface area contributed by atoms with E-state index in [2.05, 4.69) is 5.32 Å². The molecule has 1 saturated heterocycles. The van der Waals surface area contributed by atoms with Gasteiger partial charge in [0.1, 0.15) is 0 Å². The summed E-state index contributed by atoms with van der Waals surface area (Å²) in [5, 5.41) is 4.35. The van der Waals surface area contributed by atoms with Crippen LogP contribution in [0.25, 0.3) is 0 Å². The molecule has 11 heavy (non-hydrogen) atoms. The standard InChI is InChI=1S/C7H15N3O/c1-10(8)7(11)6-3-2-4-9-5-6/h6,9H,2-5,8H2,1H3. The van der Waals surface area contributed by atoms with Crippen molar-refractivity contribution in [3.8, 4) is 0 Å². The van der Waals surface area contributed by atoms with Crippen LogP contribution in [0.2, 0.25) is 0 Å². The fourth-order valence-electron chi connectivity index (χ4n) is 1.35. The van der Waals surface area contributed by atoms with E-state index in [1.165, 1.54) is 5.01 Å². The molecule has 0 bridgehead atoms. The molecule has 0 aromatic carbocycles. The average molecular weight is 157 g/mol. The molecule has 1 fully saturated rings. The Morgan fingerprint density at radius 2 is 2.45 bits per heavy atom. The first-order valence-corrected chi connectivity index (χ1v) is 3.95. The molecule has 1 unspecified atom stereocenters. The summed E-state index contributed by atoms with van der Waals surface area (Å²) in [5.74, 6) is 5.46. The van der Waals surface area contributed by atoms with Crippen molar-refractivity contribution in [1.29, 1.82) is 0 Å². The number of amides is 1. The molecule has 0 saturated carbocycles. The Hall–Kier alpha value is -0.610. The van der Waals surface area contributed by atoms with Crippen LogP contribution in [0.15, 0.2) is 0 Å². The SMILES string of the molecule is CN(N)C(=O)C1CCCNC1. The number of hydrogen-bond acceptors (Lipinski definition) is 3. The van der Waals surface area contributed by atoms with Crippen molar-refractivity contribution in [2.24, 2.45) is 11.8 Å². The van der Waals surface area contributed by atoms with E-state index in [1.807, 2.05) is 0 Å². The van der Waals surface area contributed by atoms with Crippen molar-refractivity contribution < 1.29 is 4.79 Å². The molecule has 4 nitrogen and oxygen atoms in total. The Morgan fingerprint density at radius 3 is 2.91 bits per heavy atom. The molecule has 1 aliphatic heterocycles. The number of nitrogens with two attached hydrogens (primary N) is 1. The van der Waals surface area contributed by atoms with Crippen molar-refractivity contribution >= 4 is 5.91 Å². The molecule has 0 radical (unpaired) electrons. The first-order valence-electron chi connectivity index (χ1n) is 3.95. The van der Waals surface area contributed by atoms with Crippen molar-refractivity contribution in [3.05, 3.63) is 0 Å². The molecule has 1 atom stereocenters. The van der Waals surface area contributed by atoms with Gasteiger partial charge in [0.2, 0.25) is 5.91 Å². The zero-order valence-corrected chi connectivity index (χ0v) is 6.84. The highest BCUT2D eigenvalue weighted by Gasteiger charge is 2.22. The number of hydrazine groups is 1. The minimum atomic E-state index is 0.0391. The summed E-state index contributed by atoms with van der Waals surface area (Å²) in [6.07, 6.45) is 2.04. The second-order valence-corrected chi connectivity index (χ2v) is 2.99. The topological polar surface area (TPSA) is 58.4 Å². The molecule has 1 aliphatic rings. The number of hydrogen-bond donors (Lipinski definition) is 2. The molecule has 0 spiro atoms. The summed E-state index contributed by atoms with van der Waals surface area (Å²) in [7, 11) is 1.59. The molecule has 1 rings (SSSR count). The van der Waals surface area contributed by atoms with Gasteiger partial charge in [-0.3, -0.25) is 9.80 Å². The molecule has 1 amide bonds. The Kier molecular flexibility index (Phi) is 2.84. The molecule has 1 heterocycles. The Bertz CT molecular complexity index is 141. The van der Waals surface area contributed by atoms with E-state index < -0.39 is 0 Å². The summed E-state index contributed by atoms with van der Waals surface area (Å²) < 4.78 is 0.